The Morgan fingerprint density at radius 1 is 1.45 bits per heavy atom. The van der Waals surface area contributed by atoms with E-state index in [2.05, 4.69) is 9.97 Å². The number of carbonyl (C=O) groups is 1. The molecule has 0 aliphatic rings. The van der Waals surface area contributed by atoms with Crippen LogP contribution in [0, 0.1) is 0 Å². The molecule has 0 radical (unpaired) electrons. The van der Waals surface area contributed by atoms with Crippen LogP contribution in [-0.2, 0) is 16.1 Å². The van der Waals surface area contributed by atoms with Crippen LogP contribution in [0.5, 0.6) is 0 Å². The van der Waals surface area contributed by atoms with Crippen LogP contribution in [0.4, 0.5) is 0 Å². The zero-order valence-corrected chi connectivity index (χ0v) is 12.7. The van der Waals surface area contributed by atoms with E-state index < -0.39 is 6.04 Å². The summed E-state index contributed by atoms with van der Waals surface area (Å²) in [5.41, 5.74) is 6.16. The number of H-pyrrole nitrogens is 1. The Morgan fingerprint density at radius 2 is 2.18 bits per heavy atom. The molecule has 1 aromatic carbocycles. The molecule has 2 rings (SSSR count). The number of hydrogen-bond acceptors (Lipinski definition) is 5. The third-order valence-electron chi connectivity index (χ3n) is 3.36. The Hall–Kier alpha value is -2.25. The molecule has 1 aromatic heterocycles. The molecule has 0 saturated heterocycles. The standard InChI is InChI=1S/C15H20N4O3/c1-3-19(15(21)11(16)9-22-2)8-13-17-12-7-5-4-6-10(12)14(20)18-13/h4-7,11H,3,8-9,16H2,1-2H3,(H,17,18,20). The molecule has 7 nitrogen and oxygen atoms in total. The van der Waals surface area contributed by atoms with Crippen LogP contribution >= 0.6 is 0 Å². The van der Waals surface area contributed by atoms with Crippen molar-refractivity contribution in [2.45, 2.75) is 19.5 Å². The largest absolute Gasteiger partial charge is 0.383 e. The summed E-state index contributed by atoms with van der Waals surface area (Å²) in [5.74, 6) is 0.198. The van der Waals surface area contributed by atoms with Gasteiger partial charge in [-0.2, -0.15) is 0 Å². The second kappa shape index (κ2) is 7.15. The topological polar surface area (TPSA) is 101 Å². The summed E-state index contributed by atoms with van der Waals surface area (Å²) < 4.78 is 4.90. The van der Waals surface area contributed by atoms with E-state index in [4.69, 9.17) is 10.5 Å². The van der Waals surface area contributed by atoms with Gasteiger partial charge in [0.05, 0.1) is 24.1 Å². The highest BCUT2D eigenvalue weighted by atomic mass is 16.5. The van der Waals surface area contributed by atoms with Crippen LogP contribution in [0.25, 0.3) is 10.9 Å². The number of carbonyl (C=O) groups excluding carboxylic acids is 1. The summed E-state index contributed by atoms with van der Waals surface area (Å²) in [6, 6.07) is 6.35. The predicted octanol–water partition coefficient (Wildman–Crippen LogP) is 0.245. The molecule has 3 N–H and O–H groups in total. The number of nitrogens with two attached hydrogens (primary N) is 1. The lowest BCUT2D eigenvalue weighted by Gasteiger charge is -2.23. The monoisotopic (exact) mass is 304 g/mol. The summed E-state index contributed by atoms with van der Waals surface area (Å²) in [6.07, 6.45) is 0. The molecule has 0 spiro atoms. The van der Waals surface area contributed by atoms with Crippen LogP contribution in [0.15, 0.2) is 29.1 Å². The van der Waals surface area contributed by atoms with Crippen molar-refractivity contribution in [2.24, 2.45) is 5.73 Å². The van der Waals surface area contributed by atoms with Crippen LogP contribution in [0.1, 0.15) is 12.7 Å². The van der Waals surface area contributed by atoms with Crippen molar-refractivity contribution in [3.8, 4) is 0 Å². The van der Waals surface area contributed by atoms with Gasteiger partial charge in [0.2, 0.25) is 5.91 Å². The smallest absolute Gasteiger partial charge is 0.258 e. The quantitative estimate of drug-likeness (QED) is 0.796. The molecule has 1 atom stereocenters. The van der Waals surface area contributed by atoms with Gasteiger partial charge in [-0.25, -0.2) is 4.98 Å². The number of fused-ring (bicyclic) bond motifs is 1. The van der Waals surface area contributed by atoms with Gasteiger partial charge in [-0.3, -0.25) is 9.59 Å². The highest BCUT2D eigenvalue weighted by Crippen LogP contribution is 2.07. The minimum absolute atomic E-state index is 0.150. The molecule has 0 aliphatic heterocycles. The summed E-state index contributed by atoms with van der Waals surface area (Å²) in [5, 5.41) is 0.525. The fourth-order valence-corrected chi connectivity index (χ4v) is 2.22. The Balaban J connectivity index is 2.24. The molecule has 0 fully saturated rings. The maximum absolute atomic E-state index is 12.2. The molecule has 2 aromatic rings. The normalized spacial score (nSPS) is 12.3. The maximum Gasteiger partial charge on any atom is 0.258 e. The molecular formula is C15H20N4O3. The van der Waals surface area contributed by atoms with Crippen molar-refractivity contribution in [3.05, 3.63) is 40.4 Å². The lowest BCUT2D eigenvalue weighted by Crippen LogP contribution is -2.46. The van der Waals surface area contributed by atoms with Crippen LogP contribution < -0.4 is 11.3 Å². The van der Waals surface area contributed by atoms with Gasteiger partial charge in [-0.1, -0.05) is 12.1 Å². The Bertz CT molecular complexity index is 713. The summed E-state index contributed by atoms with van der Waals surface area (Å²) in [7, 11) is 1.49. The number of amides is 1. The van der Waals surface area contributed by atoms with E-state index in [0.717, 1.165) is 0 Å². The molecule has 0 aliphatic carbocycles. The number of likely N-dealkylation sites (N-methyl/N-ethyl adjacent to an activating group) is 1. The molecule has 1 amide bonds. The average molecular weight is 304 g/mol. The van der Waals surface area contributed by atoms with Gasteiger partial charge in [0.15, 0.2) is 0 Å². The number of rotatable bonds is 6. The number of ether oxygens (including phenoxy) is 1. The highest BCUT2D eigenvalue weighted by Gasteiger charge is 2.20. The first-order valence-electron chi connectivity index (χ1n) is 7.08. The van der Waals surface area contributed by atoms with Gasteiger partial charge in [-0.05, 0) is 19.1 Å². The van der Waals surface area contributed by atoms with E-state index in [1.165, 1.54) is 12.0 Å². The first kappa shape index (κ1) is 16.1. The molecule has 1 unspecified atom stereocenters. The van der Waals surface area contributed by atoms with Gasteiger partial charge < -0.3 is 20.4 Å². The van der Waals surface area contributed by atoms with Crippen LogP contribution in [0.2, 0.25) is 0 Å². The predicted molar refractivity (Wildman–Crippen MR) is 83.3 cm³/mol. The van der Waals surface area contributed by atoms with Gasteiger partial charge in [0, 0.05) is 13.7 Å². The zero-order chi connectivity index (χ0) is 16.1. The number of methoxy groups -OCH3 is 1. The Kier molecular flexibility index (Phi) is 5.24. The van der Waals surface area contributed by atoms with Gasteiger partial charge in [0.1, 0.15) is 11.9 Å². The van der Waals surface area contributed by atoms with E-state index in [1.54, 1.807) is 18.2 Å². The number of nitrogens with one attached hydrogen (secondary N) is 1. The lowest BCUT2D eigenvalue weighted by molar-refractivity contribution is -0.134. The number of hydrogen-bond donors (Lipinski definition) is 2. The van der Waals surface area contributed by atoms with E-state index in [1.807, 2.05) is 13.0 Å². The van der Waals surface area contributed by atoms with Gasteiger partial charge >= 0.3 is 0 Å². The average Bonchev–Trinajstić information content (AvgIpc) is 2.52. The molecule has 22 heavy (non-hydrogen) atoms. The summed E-state index contributed by atoms with van der Waals surface area (Å²) >= 11 is 0. The number of aromatic nitrogens is 2. The van der Waals surface area contributed by atoms with Crippen molar-refractivity contribution < 1.29 is 9.53 Å². The third-order valence-corrected chi connectivity index (χ3v) is 3.36. The highest BCUT2D eigenvalue weighted by molar-refractivity contribution is 5.82. The number of aromatic amines is 1. The summed E-state index contributed by atoms with van der Waals surface area (Å²) in [6.45, 7) is 2.66. The molecule has 118 valence electrons. The third kappa shape index (κ3) is 3.49. The van der Waals surface area contributed by atoms with Crippen LogP contribution in [-0.4, -0.2) is 47.1 Å². The van der Waals surface area contributed by atoms with Crippen molar-refractivity contribution in [1.82, 2.24) is 14.9 Å². The molecule has 1 heterocycles. The van der Waals surface area contributed by atoms with Gasteiger partial charge in [-0.15, -0.1) is 0 Å². The number of benzene rings is 1. The number of nitrogens with zero attached hydrogens (tertiary/aromatic N) is 2. The SMILES string of the molecule is CCN(Cc1nc2ccccc2c(=O)[nH]1)C(=O)C(N)COC. The Labute approximate surface area is 128 Å². The molecule has 0 saturated carbocycles. The second-order valence-corrected chi connectivity index (χ2v) is 4.94. The zero-order valence-electron chi connectivity index (χ0n) is 12.7. The second-order valence-electron chi connectivity index (χ2n) is 4.94. The maximum atomic E-state index is 12.2. The molecule has 7 heteroatoms. The number of para-hydroxylation sites is 1. The minimum atomic E-state index is -0.725. The Morgan fingerprint density at radius 3 is 2.86 bits per heavy atom. The van der Waals surface area contributed by atoms with E-state index in [-0.39, 0.29) is 24.6 Å². The van der Waals surface area contributed by atoms with Crippen LogP contribution in [0.3, 0.4) is 0 Å². The van der Waals surface area contributed by atoms with Crippen molar-refractivity contribution in [2.75, 3.05) is 20.3 Å². The van der Waals surface area contributed by atoms with Crippen molar-refractivity contribution >= 4 is 16.8 Å². The van der Waals surface area contributed by atoms with E-state index in [0.29, 0.717) is 23.3 Å². The van der Waals surface area contributed by atoms with Gasteiger partial charge in [0.25, 0.3) is 5.56 Å². The first-order valence-corrected chi connectivity index (χ1v) is 7.08. The molecule has 0 bridgehead atoms. The minimum Gasteiger partial charge on any atom is -0.383 e. The van der Waals surface area contributed by atoms with E-state index >= 15 is 0 Å². The fourth-order valence-electron chi connectivity index (χ4n) is 2.22. The lowest BCUT2D eigenvalue weighted by atomic mass is 10.2. The fraction of sp³-hybridized carbons (Fsp3) is 0.400. The van der Waals surface area contributed by atoms with Crippen molar-refractivity contribution in [3.63, 3.8) is 0 Å². The molecular weight excluding hydrogens is 284 g/mol. The first-order chi connectivity index (χ1) is 10.6. The van der Waals surface area contributed by atoms with E-state index in [9.17, 15) is 9.59 Å². The van der Waals surface area contributed by atoms with Crippen molar-refractivity contribution in [1.29, 1.82) is 0 Å². The summed E-state index contributed by atoms with van der Waals surface area (Å²) in [4.78, 5) is 32.9.